The second kappa shape index (κ2) is 4.85. The largest absolute Gasteiger partial charge is 0.451 e. The predicted molar refractivity (Wildman–Crippen MR) is 75.3 cm³/mol. The van der Waals surface area contributed by atoms with Crippen LogP contribution in [-0.4, -0.2) is 15.7 Å². The molecule has 0 aliphatic heterocycles. The number of amides is 1. The van der Waals surface area contributed by atoms with E-state index in [9.17, 15) is 4.79 Å². The van der Waals surface area contributed by atoms with Gasteiger partial charge < -0.3 is 9.73 Å². The molecule has 0 atom stereocenters. The van der Waals surface area contributed by atoms with Crippen LogP contribution in [0.3, 0.4) is 0 Å². The summed E-state index contributed by atoms with van der Waals surface area (Å²) in [6.45, 7) is 2.44. The molecule has 5 nitrogen and oxygen atoms in total. The van der Waals surface area contributed by atoms with Crippen LogP contribution in [0.4, 0.5) is 0 Å². The fourth-order valence-corrected chi connectivity index (χ4v) is 2.11. The van der Waals surface area contributed by atoms with Crippen LogP contribution >= 0.6 is 0 Å². The molecule has 0 unspecified atom stereocenters. The Kier molecular flexibility index (Phi) is 3.02. The van der Waals surface area contributed by atoms with Gasteiger partial charge in [-0.1, -0.05) is 11.6 Å². The number of benzene rings is 1. The van der Waals surface area contributed by atoms with Crippen LogP contribution in [0.25, 0.3) is 11.0 Å². The lowest BCUT2D eigenvalue weighted by Crippen LogP contribution is -2.21. The Labute approximate surface area is 116 Å². The monoisotopic (exact) mass is 269 g/mol. The average molecular weight is 269 g/mol. The van der Waals surface area contributed by atoms with E-state index in [4.69, 9.17) is 4.42 Å². The minimum atomic E-state index is -0.220. The van der Waals surface area contributed by atoms with E-state index in [1.807, 2.05) is 38.4 Å². The smallest absolute Gasteiger partial charge is 0.287 e. The van der Waals surface area contributed by atoms with E-state index in [0.29, 0.717) is 12.3 Å². The molecule has 0 saturated carbocycles. The van der Waals surface area contributed by atoms with Gasteiger partial charge >= 0.3 is 0 Å². The maximum Gasteiger partial charge on any atom is 0.287 e. The van der Waals surface area contributed by atoms with Gasteiger partial charge in [-0.2, -0.15) is 5.10 Å². The summed E-state index contributed by atoms with van der Waals surface area (Å²) in [7, 11) is 1.84. The maximum absolute atomic E-state index is 12.0. The lowest BCUT2D eigenvalue weighted by Gasteiger charge is -1.99. The summed E-state index contributed by atoms with van der Waals surface area (Å²) in [6, 6.07) is 7.60. The SMILES string of the molecule is Cc1ccc2oc(C(=O)NCc3cnn(C)c3)cc2c1. The van der Waals surface area contributed by atoms with Crippen LogP contribution < -0.4 is 5.32 Å². The van der Waals surface area contributed by atoms with Crippen molar-refractivity contribution < 1.29 is 9.21 Å². The van der Waals surface area contributed by atoms with E-state index in [1.54, 1.807) is 16.9 Å². The normalized spacial score (nSPS) is 10.9. The van der Waals surface area contributed by atoms with Gasteiger partial charge in [0.05, 0.1) is 6.20 Å². The van der Waals surface area contributed by atoms with Crippen molar-refractivity contribution >= 4 is 16.9 Å². The van der Waals surface area contributed by atoms with Crippen LogP contribution in [-0.2, 0) is 13.6 Å². The zero-order valence-electron chi connectivity index (χ0n) is 11.4. The Hall–Kier alpha value is -2.56. The molecule has 3 rings (SSSR count). The zero-order chi connectivity index (χ0) is 14.1. The second-order valence-corrected chi connectivity index (χ2v) is 4.86. The molecule has 1 amide bonds. The van der Waals surface area contributed by atoms with Gasteiger partial charge in [0.25, 0.3) is 5.91 Å². The van der Waals surface area contributed by atoms with Crippen LogP contribution in [0.5, 0.6) is 0 Å². The van der Waals surface area contributed by atoms with Gasteiger partial charge in [0.2, 0.25) is 0 Å². The molecule has 0 radical (unpaired) electrons. The van der Waals surface area contributed by atoms with Crippen LogP contribution in [0.2, 0.25) is 0 Å². The van der Waals surface area contributed by atoms with Crippen molar-refractivity contribution in [3.05, 3.63) is 53.5 Å². The van der Waals surface area contributed by atoms with E-state index in [2.05, 4.69) is 10.4 Å². The molecule has 0 aliphatic rings. The first-order valence-corrected chi connectivity index (χ1v) is 6.38. The summed E-state index contributed by atoms with van der Waals surface area (Å²) in [6.07, 6.45) is 3.59. The summed E-state index contributed by atoms with van der Waals surface area (Å²) in [5, 5.41) is 7.81. The summed E-state index contributed by atoms with van der Waals surface area (Å²) < 4.78 is 7.25. The molecule has 5 heteroatoms. The number of furan rings is 1. The molecule has 0 fully saturated rings. The summed E-state index contributed by atoms with van der Waals surface area (Å²) in [5.74, 6) is 0.109. The first-order chi connectivity index (χ1) is 9.61. The molecular formula is C15H15N3O2. The third-order valence-corrected chi connectivity index (χ3v) is 3.11. The van der Waals surface area contributed by atoms with Crippen molar-refractivity contribution in [1.29, 1.82) is 0 Å². The first kappa shape index (κ1) is 12.5. The van der Waals surface area contributed by atoms with Crippen molar-refractivity contribution in [2.24, 2.45) is 7.05 Å². The molecule has 1 aromatic carbocycles. The Morgan fingerprint density at radius 2 is 2.25 bits per heavy atom. The van der Waals surface area contributed by atoms with Crippen LogP contribution in [0, 0.1) is 6.92 Å². The van der Waals surface area contributed by atoms with Gasteiger partial charge in [-0.05, 0) is 25.1 Å². The molecule has 0 bridgehead atoms. The number of carbonyl (C=O) groups excluding carboxylic acids is 1. The number of nitrogens with zero attached hydrogens (tertiary/aromatic N) is 2. The number of hydrogen-bond acceptors (Lipinski definition) is 3. The molecule has 20 heavy (non-hydrogen) atoms. The Morgan fingerprint density at radius 3 is 3.00 bits per heavy atom. The second-order valence-electron chi connectivity index (χ2n) is 4.86. The number of fused-ring (bicyclic) bond motifs is 1. The lowest BCUT2D eigenvalue weighted by atomic mass is 10.2. The van der Waals surface area contributed by atoms with E-state index in [0.717, 1.165) is 22.1 Å². The Bertz CT molecular complexity index is 770. The molecule has 0 saturated heterocycles. The molecule has 3 aromatic rings. The quantitative estimate of drug-likeness (QED) is 0.794. The first-order valence-electron chi connectivity index (χ1n) is 6.38. The van der Waals surface area contributed by atoms with Crippen molar-refractivity contribution in [1.82, 2.24) is 15.1 Å². The van der Waals surface area contributed by atoms with E-state index in [-0.39, 0.29) is 5.91 Å². The van der Waals surface area contributed by atoms with Crippen molar-refractivity contribution in [3.63, 3.8) is 0 Å². The lowest BCUT2D eigenvalue weighted by molar-refractivity contribution is 0.0925. The van der Waals surface area contributed by atoms with Crippen molar-refractivity contribution in [2.75, 3.05) is 0 Å². The number of rotatable bonds is 3. The number of aromatic nitrogens is 2. The number of hydrogen-bond donors (Lipinski definition) is 1. The summed E-state index contributed by atoms with van der Waals surface area (Å²) in [4.78, 5) is 12.0. The molecule has 2 heterocycles. The van der Waals surface area contributed by atoms with Gasteiger partial charge in [0.1, 0.15) is 5.58 Å². The molecular weight excluding hydrogens is 254 g/mol. The zero-order valence-corrected chi connectivity index (χ0v) is 11.4. The van der Waals surface area contributed by atoms with Gasteiger partial charge in [0, 0.05) is 30.7 Å². The highest BCUT2D eigenvalue weighted by Crippen LogP contribution is 2.20. The predicted octanol–water partition coefficient (Wildman–Crippen LogP) is 2.40. The van der Waals surface area contributed by atoms with Crippen molar-refractivity contribution in [2.45, 2.75) is 13.5 Å². The molecule has 1 N–H and O–H groups in total. The standard InChI is InChI=1S/C15H15N3O2/c1-10-3-4-13-12(5-10)6-14(20-13)15(19)16-7-11-8-17-18(2)9-11/h3-6,8-9H,7H2,1-2H3,(H,16,19). The van der Waals surface area contributed by atoms with E-state index >= 15 is 0 Å². The highest BCUT2D eigenvalue weighted by Gasteiger charge is 2.12. The van der Waals surface area contributed by atoms with Crippen LogP contribution in [0.15, 0.2) is 41.1 Å². The van der Waals surface area contributed by atoms with E-state index < -0.39 is 0 Å². The highest BCUT2D eigenvalue weighted by molar-refractivity contribution is 5.96. The fourth-order valence-electron chi connectivity index (χ4n) is 2.11. The minimum Gasteiger partial charge on any atom is -0.451 e. The van der Waals surface area contributed by atoms with Gasteiger partial charge in [0.15, 0.2) is 5.76 Å². The third kappa shape index (κ3) is 2.42. The summed E-state index contributed by atoms with van der Waals surface area (Å²) in [5.41, 5.74) is 2.82. The Balaban J connectivity index is 1.75. The maximum atomic E-state index is 12.0. The third-order valence-electron chi connectivity index (χ3n) is 3.11. The topological polar surface area (TPSA) is 60.1 Å². The number of nitrogens with one attached hydrogen (secondary N) is 1. The van der Waals surface area contributed by atoms with Crippen LogP contribution in [0.1, 0.15) is 21.7 Å². The Morgan fingerprint density at radius 1 is 1.40 bits per heavy atom. The van der Waals surface area contributed by atoms with Gasteiger partial charge in [-0.3, -0.25) is 9.48 Å². The number of carbonyl (C=O) groups is 1. The molecule has 0 aliphatic carbocycles. The molecule has 0 spiro atoms. The summed E-state index contributed by atoms with van der Waals surface area (Å²) >= 11 is 0. The molecule has 102 valence electrons. The highest BCUT2D eigenvalue weighted by atomic mass is 16.3. The minimum absolute atomic E-state index is 0.220. The fraction of sp³-hybridized carbons (Fsp3) is 0.200. The van der Waals surface area contributed by atoms with Crippen molar-refractivity contribution in [3.8, 4) is 0 Å². The number of aryl methyl sites for hydroxylation is 2. The van der Waals surface area contributed by atoms with Gasteiger partial charge in [-0.15, -0.1) is 0 Å². The molecule has 2 aromatic heterocycles. The van der Waals surface area contributed by atoms with E-state index in [1.165, 1.54) is 0 Å². The van der Waals surface area contributed by atoms with Gasteiger partial charge in [-0.25, -0.2) is 0 Å². The average Bonchev–Trinajstić information content (AvgIpc) is 3.01.